The number of rotatable bonds is 4. The number of benzene rings is 1. The third-order valence-corrected chi connectivity index (χ3v) is 3.95. The minimum Gasteiger partial charge on any atom is -0.480 e. The minimum atomic E-state index is -1.18. The van der Waals surface area contributed by atoms with Crippen molar-refractivity contribution >= 4 is 23.6 Å². The Morgan fingerprint density at radius 2 is 2.00 bits per heavy atom. The summed E-state index contributed by atoms with van der Waals surface area (Å²) in [6.45, 7) is 0.140. The van der Waals surface area contributed by atoms with Crippen LogP contribution in [0, 0.1) is 5.82 Å². The van der Waals surface area contributed by atoms with Gasteiger partial charge in [0.1, 0.15) is 11.4 Å². The molecule has 0 atom stereocenters. The van der Waals surface area contributed by atoms with Gasteiger partial charge >= 0.3 is 12.0 Å². The van der Waals surface area contributed by atoms with Gasteiger partial charge in [0.05, 0.1) is 5.02 Å². The van der Waals surface area contributed by atoms with E-state index < -0.39 is 23.4 Å². The topological polar surface area (TPSA) is 78.4 Å². The number of carboxylic acid groups (broad SMARTS) is 1. The normalized spacial score (nSPS) is 16.5. The van der Waals surface area contributed by atoms with E-state index in [4.69, 9.17) is 11.6 Å². The molecule has 0 aliphatic heterocycles. The van der Waals surface area contributed by atoms with Crippen molar-refractivity contribution in [1.29, 1.82) is 0 Å². The first-order chi connectivity index (χ1) is 9.93. The zero-order chi connectivity index (χ0) is 15.5. The lowest BCUT2D eigenvalue weighted by atomic mass is 9.98. The van der Waals surface area contributed by atoms with Crippen molar-refractivity contribution in [3.05, 3.63) is 34.6 Å². The maximum absolute atomic E-state index is 13.0. The first-order valence-electron chi connectivity index (χ1n) is 6.66. The van der Waals surface area contributed by atoms with Crippen LogP contribution in [-0.2, 0) is 11.3 Å². The number of aliphatic carboxylic acids is 1. The zero-order valence-corrected chi connectivity index (χ0v) is 12.0. The van der Waals surface area contributed by atoms with Crippen molar-refractivity contribution in [2.75, 3.05) is 0 Å². The second-order valence-electron chi connectivity index (χ2n) is 5.15. The summed E-state index contributed by atoms with van der Waals surface area (Å²) in [5, 5.41) is 14.3. The third-order valence-electron chi connectivity index (χ3n) is 3.66. The van der Waals surface area contributed by atoms with Crippen molar-refractivity contribution < 1.29 is 19.1 Å². The fourth-order valence-electron chi connectivity index (χ4n) is 2.46. The van der Waals surface area contributed by atoms with E-state index in [1.807, 2.05) is 0 Å². The van der Waals surface area contributed by atoms with Crippen LogP contribution in [0.2, 0.25) is 5.02 Å². The second-order valence-corrected chi connectivity index (χ2v) is 5.56. The molecule has 1 aliphatic rings. The van der Waals surface area contributed by atoms with Crippen LogP contribution in [0.3, 0.4) is 0 Å². The van der Waals surface area contributed by atoms with Crippen LogP contribution in [0.25, 0.3) is 0 Å². The molecule has 3 N–H and O–H groups in total. The number of halogens is 2. The van der Waals surface area contributed by atoms with Crippen LogP contribution in [0.5, 0.6) is 0 Å². The van der Waals surface area contributed by atoms with E-state index in [0.717, 1.165) is 12.8 Å². The lowest BCUT2D eigenvalue weighted by molar-refractivity contribution is -0.144. The van der Waals surface area contributed by atoms with Gasteiger partial charge < -0.3 is 15.7 Å². The Balaban J connectivity index is 1.92. The molecule has 0 spiro atoms. The Labute approximate surface area is 126 Å². The molecule has 5 nitrogen and oxygen atoms in total. The molecular weight excluding hydrogens is 299 g/mol. The van der Waals surface area contributed by atoms with E-state index in [1.165, 1.54) is 18.2 Å². The van der Waals surface area contributed by atoms with Gasteiger partial charge in [-0.1, -0.05) is 30.5 Å². The number of carbonyl (C=O) groups is 2. The Morgan fingerprint density at radius 3 is 2.57 bits per heavy atom. The first kappa shape index (κ1) is 15.6. The summed E-state index contributed by atoms with van der Waals surface area (Å²) in [6, 6.07) is 3.58. The van der Waals surface area contributed by atoms with E-state index in [0.29, 0.717) is 18.4 Å². The van der Waals surface area contributed by atoms with Gasteiger partial charge in [0, 0.05) is 6.54 Å². The summed E-state index contributed by atoms with van der Waals surface area (Å²) in [5.41, 5.74) is -0.544. The van der Waals surface area contributed by atoms with Gasteiger partial charge in [-0.15, -0.1) is 0 Å². The number of nitrogens with one attached hydrogen (secondary N) is 2. The van der Waals surface area contributed by atoms with Crippen molar-refractivity contribution in [2.45, 2.75) is 37.8 Å². The predicted octanol–water partition coefficient (Wildman–Crippen LogP) is 2.68. The van der Waals surface area contributed by atoms with E-state index in [9.17, 15) is 19.1 Å². The number of hydrogen-bond donors (Lipinski definition) is 3. The number of hydrogen-bond acceptors (Lipinski definition) is 2. The molecule has 1 saturated carbocycles. The summed E-state index contributed by atoms with van der Waals surface area (Å²) in [6.07, 6.45) is 2.41. The average Bonchev–Trinajstić information content (AvgIpc) is 2.90. The van der Waals surface area contributed by atoms with Gasteiger partial charge in [0.25, 0.3) is 0 Å². The van der Waals surface area contributed by atoms with Crippen molar-refractivity contribution in [1.82, 2.24) is 10.6 Å². The van der Waals surface area contributed by atoms with E-state index in [-0.39, 0.29) is 11.6 Å². The summed E-state index contributed by atoms with van der Waals surface area (Å²) in [5.74, 6) is -1.54. The molecule has 0 radical (unpaired) electrons. The summed E-state index contributed by atoms with van der Waals surface area (Å²) in [4.78, 5) is 23.2. The standard InChI is InChI=1S/C14H16ClFN2O3/c15-10-7-9(3-4-11(10)16)8-17-13(21)18-14(12(19)20)5-1-2-6-14/h3-4,7H,1-2,5-6,8H2,(H,19,20)(H2,17,18,21). The average molecular weight is 315 g/mol. The molecule has 21 heavy (non-hydrogen) atoms. The summed E-state index contributed by atoms with van der Waals surface area (Å²) < 4.78 is 13.0. The van der Waals surface area contributed by atoms with Gasteiger partial charge in [-0.05, 0) is 30.5 Å². The van der Waals surface area contributed by atoms with Gasteiger partial charge in [-0.3, -0.25) is 0 Å². The van der Waals surface area contributed by atoms with Crippen LogP contribution in [-0.4, -0.2) is 22.6 Å². The number of carboxylic acids is 1. The van der Waals surface area contributed by atoms with E-state index in [1.54, 1.807) is 0 Å². The Bertz CT molecular complexity index is 559. The van der Waals surface area contributed by atoms with Crippen LogP contribution >= 0.6 is 11.6 Å². The van der Waals surface area contributed by atoms with Crippen molar-refractivity contribution in [3.8, 4) is 0 Å². The molecule has 0 heterocycles. The van der Waals surface area contributed by atoms with Crippen molar-refractivity contribution in [3.63, 3.8) is 0 Å². The molecule has 1 aliphatic carbocycles. The van der Waals surface area contributed by atoms with Gasteiger partial charge in [0.2, 0.25) is 0 Å². The molecule has 0 unspecified atom stereocenters. The quantitative estimate of drug-likeness (QED) is 0.799. The Kier molecular flexibility index (Phi) is 4.67. The number of amides is 2. The maximum Gasteiger partial charge on any atom is 0.329 e. The van der Waals surface area contributed by atoms with Crippen LogP contribution in [0.1, 0.15) is 31.2 Å². The highest BCUT2D eigenvalue weighted by Gasteiger charge is 2.42. The first-order valence-corrected chi connectivity index (χ1v) is 7.04. The lowest BCUT2D eigenvalue weighted by Crippen LogP contribution is -2.55. The van der Waals surface area contributed by atoms with E-state index >= 15 is 0 Å². The summed E-state index contributed by atoms with van der Waals surface area (Å²) in [7, 11) is 0. The Hall–Kier alpha value is -1.82. The summed E-state index contributed by atoms with van der Waals surface area (Å²) >= 11 is 5.65. The van der Waals surface area contributed by atoms with E-state index in [2.05, 4.69) is 10.6 Å². The highest BCUT2D eigenvalue weighted by molar-refractivity contribution is 6.30. The number of carbonyl (C=O) groups excluding carboxylic acids is 1. The third kappa shape index (κ3) is 3.64. The fourth-order valence-corrected chi connectivity index (χ4v) is 2.67. The van der Waals surface area contributed by atoms with Gasteiger partial charge in [-0.25, -0.2) is 14.0 Å². The molecule has 1 fully saturated rings. The Morgan fingerprint density at radius 1 is 1.33 bits per heavy atom. The van der Waals surface area contributed by atoms with Crippen LogP contribution in [0.4, 0.5) is 9.18 Å². The molecular formula is C14H16ClFN2O3. The second kappa shape index (κ2) is 6.30. The highest BCUT2D eigenvalue weighted by Crippen LogP contribution is 2.29. The molecule has 114 valence electrons. The van der Waals surface area contributed by atoms with Crippen LogP contribution < -0.4 is 10.6 Å². The molecule has 0 aromatic heterocycles. The highest BCUT2D eigenvalue weighted by atomic mass is 35.5. The molecule has 1 aromatic rings. The van der Waals surface area contributed by atoms with Crippen LogP contribution in [0.15, 0.2) is 18.2 Å². The largest absolute Gasteiger partial charge is 0.480 e. The SMILES string of the molecule is O=C(NCc1ccc(F)c(Cl)c1)NC1(C(=O)O)CCCC1. The monoisotopic (exact) mass is 314 g/mol. The zero-order valence-electron chi connectivity index (χ0n) is 11.3. The smallest absolute Gasteiger partial charge is 0.329 e. The van der Waals surface area contributed by atoms with Gasteiger partial charge in [-0.2, -0.15) is 0 Å². The molecule has 2 rings (SSSR count). The molecule has 7 heteroatoms. The minimum absolute atomic E-state index is 0.0208. The molecule has 2 amide bonds. The number of urea groups is 1. The molecule has 0 bridgehead atoms. The molecule has 0 saturated heterocycles. The molecule has 1 aromatic carbocycles. The van der Waals surface area contributed by atoms with Crippen molar-refractivity contribution in [2.24, 2.45) is 0 Å². The van der Waals surface area contributed by atoms with Gasteiger partial charge in [0.15, 0.2) is 0 Å². The lowest BCUT2D eigenvalue weighted by Gasteiger charge is -2.25. The maximum atomic E-state index is 13.0. The fraction of sp³-hybridized carbons (Fsp3) is 0.429. The predicted molar refractivity (Wildman–Crippen MR) is 75.6 cm³/mol.